The van der Waals surface area contributed by atoms with Gasteiger partial charge in [0.2, 0.25) is 5.01 Å². The van der Waals surface area contributed by atoms with Gasteiger partial charge in [0.15, 0.2) is 5.01 Å². The SMILES string of the molecule is O=C(Nc1ccc(F)cc1)c1nnc(C(Cl)=Cc2ccsc2)s1. The van der Waals surface area contributed by atoms with E-state index in [0.29, 0.717) is 15.7 Å². The van der Waals surface area contributed by atoms with E-state index in [1.165, 1.54) is 24.3 Å². The average molecular weight is 366 g/mol. The van der Waals surface area contributed by atoms with Crippen LogP contribution < -0.4 is 5.32 Å². The van der Waals surface area contributed by atoms with Gasteiger partial charge in [-0.1, -0.05) is 22.9 Å². The van der Waals surface area contributed by atoms with Gasteiger partial charge >= 0.3 is 0 Å². The Morgan fingerprint density at radius 1 is 1.17 bits per heavy atom. The van der Waals surface area contributed by atoms with Gasteiger partial charge in [-0.15, -0.1) is 10.2 Å². The third kappa shape index (κ3) is 4.01. The van der Waals surface area contributed by atoms with E-state index in [0.717, 1.165) is 16.9 Å². The summed E-state index contributed by atoms with van der Waals surface area (Å²) < 4.78 is 12.8. The van der Waals surface area contributed by atoms with Crippen molar-refractivity contribution in [3.05, 3.63) is 62.5 Å². The van der Waals surface area contributed by atoms with E-state index in [1.807, 2.05) is 16.8 Å². The molecule has 2 aromatic heterocycles. The van der Waals surface area contributed by atoms with Crippen LogP contribution in [-0.2, 0) is 0 Å². The topological polar surface area (TPSA) is 54.9 Å². The second kappa shape index (κ2) is 6.99. The first kappa shape index (κ1) is 15.8. The number of carbonyl (C=O) groups is 1. The lowest BCUT2D eigenvalue weighted by Crippen LogP contribution is -2.11. The number of hydrogen-bond acceptors (Lipinski definition) is 5. The Morgan fingerprint density at radius 2 is 1.91 bits per heavy atom. The fourth-order valence-corrected chi connectivity index (χ4v) is 3.24. The maximum Gasteiger partial charge on any atom is 0.286 e. The zero-order valence-electron chi connectivity index (χ0n) is 11.5. The van der Waals surface area contributed by atoms with Gasteiger partial charge in [0.05, 0.1) is 5.03 Å². The Bertz CT molecular complexity index is 844. The number of hydrogen-bond donors (Lipinski definition) is 1. The molecule has 0 saturated heterocycles. The molecule has 3 rings (SSSR count). The van der Waals surface area contributed by atoms with Gasteiger partial charge in [-0.05, 0) is 52.7 Å². The fourth-order valence-electron chi connectivity index (χ4n) is 1.69. The van der Waals surface area contributed by atoms with Gasteiger partial charge in [0.1, 0.15) is 5.82 Å². The lowest BCUT2D eigenvalue weighted by atomic mass is 10.3. The van der Waals surface area contributed by atoms with Crippen LogP contribution in [0.5, 0.6) is 0 Å². The number of thiophene rings is 1. The highest BCUT2D eigenvalue weighted by Crippen LogP contribution is 2.26. The quantitative estimate of drug-likeness (QED) is 0.727. The summed E-state index contributed by atoms with van der Waals surface area (Å²) in [7, 11) is 0. The molecule has 8 heteroatoms. The smallest absolute Gasteiger partial charge is 0.286 e. The molecule has 0 fully saturated rings. The van der Waals surface area contributed by atoms with Crippen molar-refractivity contribution in [2.24, 2.45) is 0 Å². The van der Waals surface area contributed by atoms with Gasteiger partial charge in [-0.2, -0.15) is 11.3 Å². The summed E-state index contributed by atoms with van der Waals surface area (Å²) in [5, 5.41) is 15.3. The van der Waals surface area contributed by atoms with Crippen LogP contribution in [0.3, 0.4) is 0 Å². The average Bonchev–Trinajstić information content (AvgIpc) is 3.20. The molecule has 0 aliphatic heterocycles. The minimum atomic E-state index is -0.416. The van der Waals surface area contributed by atoms with E-state index in [9.17, 15) is 9.18 Å². The molecule has 0 radical (unpaired) electrons. The number of nitrogens with one attached hydrogen (secondary N) is 1. The van der Waals surface area contributed by atoms with Crippen LogP contribution in [0.25, 0.3) is 11.1 Å². The van der Waals surface area contributed by atoms with Gasteiger partial charge in [-0.25, -0.2) is 4.39 Å². The molecule has 4 nitrogen and oxygen atoms in total. The molecule has 0 unspecified atom stereocenters. The van der Waals surface area contributed by atoms with E-state index in [-0.39, 0.29) is 10.8 Å². The number of halogens is 2. The third-order valence-electron chi connectivity index (χ3n) is 2.76. The van der Waals surface area contributed by atoms with Crippen LogP contribution in [0.15, 0.2) is 41.1 Å². The normalized spacial score (nSPS) is 11.5. The fraction of sp³-hybridized carbons (Fsp3) is 0. The Balaban J connectivity index is 1.73. The summed E-state index contributed by atoms with van der Waals surface area (Å²) in [6.07, 6.45) is 1.76. The Hall–Kier alpha value is -2.09. The molecule has 1 N–H and O–H groups in total. The zero-order chi connectivity index (χ0) is 16.2. The monoisotopic (exact) mass is 365 g/mol. The third-order valence-corrected chi connectivity index (χ3v) is 4.82. The summed E-state index contributed by atoms with van der Waals surface area (Å²) in [5.41, 5.74) is 1.44. The van der Waals surface area contributed by atoms with Gasteiger partial charge < -0.3 is 5.32 Å². The van der Waals surface area contributed by atoms with Gasteiger partial charge in [0.25, 0.3) is 5.91 Å². The number of benzene rings is 1. The minimum absolute atomic E-state index is 0.182. The number of amides is 1. The van der Waals surface area contributed by atoms with Gasteiger partial charge in [-0.3, -0.25) is 4.79 Å². The summed E-state index contributed by atoms with van der Waals surface area (Å²) >= 11 is 8.84. The molecule has 0 saturated carbocycles. The van der Waals surface area contributed by atoms with Crippen molar-refractivity contribution in [3.63, 3.8) is 0 Å². The first-order valence-electron chi connectivity index (χ1n) is 6.42. The molecule has 0 bridgehead atoms. The van der Waals surface area contributed by atoms with Crippen molar-refractivity contribution in [1.29, 1.82) is 0 Å². The van der Waals surface area contributed by atoms with Crippen molar-refractivity contribution >= 4 is 57.0 Å². The van der Waals surface area contributed by atoms with Crippen LogP contribution in [0.4, 0.5) is 10.1 Å². The molecule has 116 valence electrons. The highest BCUT2D eigenvalue weighted by atomic mass is 35.5. The van der Waals surface area contributed by atoms with E-state index >= 15 is 0 Å². The van der Waals surface area contributed by atoms with Crippen molar-refractivity contribution in [2.45, 2.75) is 0 Å². The van der Waals surface area contributed by atoms with Crippen LogP contribution in [0.2, 0.25) is 0 Å². The second-order valence-corrected chi connectivity index (χ2v) is 6.59. The van der Waals surface area contributed by atoms with Crippen LogP contribution in [0, 0.1) is 5.82 Å². The maximum absolute atomic E-state index is 12.8. The number of nitrogens with zero attached hydrogens (tertiary/aromatic N) is 2. The van der Waals surface area contributed by atoms with E-state index in [2.05, 4.69) is 15.5 Å². The molecule has 3 aromatic rings. The summed E-state index contributed by atoms with van der Waals surface area (Å²) in [5.74, 6) is -0.785. The number of anilines is 1. The molecular formula is C15H9ClFN3OS2. The molecule has 1 amide bonds. The first-order valence-corrected chi connectivity index (χ1v) is 8.56. The molecule has 23 heavy (non-hydrogen) atoms. The molecule has 1 aromatic carbocycles. The predicted molar refractivity (Wildman–Crippen MR) is 92.3 cm³/mol. The number of rotatable bonds is 4. The van der Waals surface area contributed by atoms with Crippen LogP contribution >= 0.6 is 34.3 Å². The first-order chi connectivity index (χ1) is 11.1. The zero-order valence-corrected chi connectivity index (χ0v) is 13.9. The lowest BCUT2D eigenvalue weighted by molar-refractivity contribution is 0.102. The molecule has 0 atom stereocenters. The Labute approximate surface area is 144 Å². The van der Waals surface area contributed by atoms with E-state index in [4.69, 9.17) is 11.6 Å². The molecule has 0 aliphatic carbocycles. The van der Waals surface area contributed by atoms with E-state index < -0.39 is 5.91 Å². The van der Waals surface area contributed by atoms with Crippen LogP contribution in [0.1, 0.15) is 20.4 Å². The van der Waals surface area contributed by atoms with Crippen molar-refractivity contribution in [1.82, 2.24) is 10.2 Å². The van der Waals surface area contributed by atoms with Crippen LogP contribution in [-0.4, -0.2) is 16.1 Å². The maximum atomic E-state index is 12.8. The lowest BCUT2D eigenvalue weighted by Gasteiger charge is -2.01. The van der Waals surface area contributed by atoms with Crippen molar-refractivity contribution in [2.75, 3.05) is 5.32 Å². The summed E-state index contributed by atoms with van der Waals surface area (Å²) in [4.78, 5) is 12.1. The molecule has 2 heterocycles. The minimum Gasteiger partial charge on any atom is -0.320 e. The standard InChI is InChI=1S/C15H9ClFN3OS2/c16-12(7-9-5-6-22-8-9)14-19-20-15(23-14)13(21)18-11-3-1-10(17)2-4-11/h1-8H,(H,18,21). The summed E-state index contributed by atoms with van der Waals surface area (Å²) in [6, 6.07) is 7.40. The number of carbonyl (C=O) groups excluding carboxylic acids is 1. The van der Waals surface area contributed by atoms with Crippen molar-refractivity contribution in [3.8, 4) is 0 Å². The Kier molecular flexibility index (Phi) is 4.80. The highest BCUT2D eigenvalue weighted by molar-refractivity contribution is 7.15. The number of aromatic nitrogens is 2. The Morgan fingerprint density at radius 3 is 2.61 bits per heavy atom. The molecule has 0 aliphatic rings. The molecule has 0 spiro atoms. The molecular weight excluding hydrogens is 357 g/mol. The second-order valence-electron chi connectivity index (χ2n) is 4.42. The van der Waals surface area contributed by atoms with E-state index in [1.54, 1.807) is 17.4 Å². The van der Waals surface area contributed by atoms with Crippen molar-refractivity contribution < 1.29 is 9.18 Å². The predicted octanol–water partition coefficient (Wildman–Crippen LogP) is 4.73. The largest absolute Gasteiger partial charge is 0.320 e. The summed E-state index contributed by atoms with van der Waals surface area (Å²) in [6.45, 7) is 0. The highest BCUT2D eigenvalue weighted by Gasteiger charge is 2.14. The van der Waals surface area contributed by atoms with Gasteiger partial charge in [0, 0.05) is 5.69 Å².